The van der Waals surface area contributed by atoms with Crippen molar-refractivity contribution in [3.05, 3.63) is 0 Å². The molecule has 1 N–H and O–H groups in total. The van der Waals surface area contributed by atoms with Crippen LogP contribution in [0.25, 0.3) is 0 Å². The third-order valence-electron chi connectivity index (χ3n) is 1.94. The Kier molecular flexibility index (Phi) is 1.35. The van der Waals surface area contributed by atoms with E-state index >= 15 is 0 Å². The van der Waals surface area contributed by atoms with Gasteiger partial charge in [0.1, 0.15) is 0 Å². The zero-order valence-corrected chi connectivity index (χ0v) is 7.10. The predicted octanol–water partition coefficient (Wildman–Crippen LogP) is -1.22. The molecule has 0 amide bonds. The van der Waals surface area contributed by atoms with Crippen LogP contribution in [0.5, 0.6) is 0 Å². The van der Waals surface area contributed by atoms with Gasteiger partial charge in [-0.25, -0.2) is 4.68 Å². The quantitative estimate of drug-likeness (QED) is 0.571. The maximum absolute atomic E-state index is 9.45. The van der Waals surface area contributed by atoms with E-state index in [1.807, 2.05) is 4.90 Å². The molecular weight excluding hydrogens is 158 g/mol. The van der Waals surface area contributed by atoms with Crippen LogP contribution in [0.2, 0.25) is 0 Å². The van der Waals surface area contributed by atoms with Crippen molar-refractivity contribution in [2.45, 2.75) is 12.5 Å². The van der Waals surface area contributed by atoms with Gasteiger partial charge in [0, 0.05) is 7.05 Å². The minimum atomic E-state index is -0.577. The highest BCUT2D eigenvalue weighted by Crippen LogP contribution is 2.23. The molecular formula is C6H11N5O. The first-order valence-electron chi connectivity index (χ1n) is 3.78. The van der Waals surface area contributed by atoms with Gasteiger partial charge in [-0.2, -0.15) is 0 Å². The highest BCUT2D eigenvalue weighted by Gasteiger charge is 2.38. The lowest BCUT2D eigenvalue weighted by Crippen LogP contribution is -2.60. The molecule has 1 aromatic heterocycles. The smallest absolute Gasteiger partial charge is 0.245 e. The monoisotopic (exact) mass is 169 g/mol. The Morgan fingerprint density at radius 3 is 2.58 bits per heavy atom. The molecule has 0 radical (unpaired) electrons. The van der Waals surface area contributed by atoms with E-state index in [2.05, 4.69) is 15.5 Å². The number of anilines is 1. The molecule has 6 nitrogen and oxygen atoms in total. The van der Waals surface area contributed by atoms with Gasteiger partial charge in [-0.1, -0.05) is 5.10 Å². The molecule has 0 aromatic carbocycles. The van der Waals surface area contributed by atoms with Crippen LogP contribution >= 0.6 is 0 Å². The molecule has 1 aliphatic heterocycles. The summed E-state index contributed by atoms with van der Waals surface area (Å²) in [7, 11) is 1.78. The van der Waals surface area contributed by atoms with E-state index in [1.165, 1.54) is 0 Å². The molecule has 1 saturated heterocycles. The highest BCUT2D eigenvalue weighted by atomic mass is 16.3. The van der Waals surface area contributed by atoms with Gasteiger partial charge in [-0.05, 0) is 17.4 Å². The number of aliphatic hydroxyl groups is 1. The molecule has 66 valence electrons. The zero-order valence-electron chi connectivity index (χ0n) is 7.10. The van der Waals surface area contributed by atoms with Crippen molar-refractivity contribution >= 4 is 5.95 Å². The van der Waals surface area contributed by atoms with Gasteiger partial charge in [0.25, 0.3) is 0 Å². The van der Waals surface area contributed by atoms with E-state index in [-0.39, 0.29) is 0 Å². The third kappa shape index (κ3) is 1.04. The Balaban J connectivity index is 2.11. The van der Waals surface area contributed by atoms with Crippen molar-refractivity contribution in [3.63, 3.8) is 0 Å². The van der Waals surface area contributed by atoms with Gasteiger partial charge in [0.05, 0.1) is 18.7 Å². The van der Waals surface area contributed by atoms with Crippen LogP contribution < -0.4 is 4.90 Å². The summed E-state index contributed by atoms with van der Waals surface area (Å²) in [5.41, 5.74) is -0.577. The second-order valence-corrected chi connectivity index (χ2v) is 3.46. The second-order valence-electron chi connectivity index (χ2n) is 3.46. The van der Waals surface area contributed by atoms with Crippen LogP contribution in [0.4, 0.5) is 5.95 Å². The predicted molar refractivity (Wildman–Crippen MR) is 41.6 cm³/mol. The molecule has 12 heavy (non-hydrogen) atoms. The molecule has 0 spiro atoms. The third-order valence-corrected chi connectivity index (χ3v) is 1.94. The van der Waals surface area contributed by atoms with Gasteiger partial charge in [-0.15, -0.1) is 0 Å². The zero-order chi connectivity index (χ0) is 8.77. The molecule has 1 aromatic rings. The van der Waals surface area contributed by atoms with Gasteiger partial charge in [0.2, 0.25) is 5.95 Å². The lowest BCUT2D eigenvalue weighted by atomic mass is 9.98. The molecule has 0 unspecified atom stereocenters. The minimum absolute atomic E-state index is 0.577. The number of nitrogens with zero attached hydrogens (tertiary/aromatic N) is 5. The molecule has 2 heterocycles. The van der Waals surface area contributed by atoms with E-state index in [0.717, 1.165) is 0 Å². The maximum atomic E-state index is 9.45. The van der Waals surface area contributed by atoms with Crippen molar-refractivity contribution in [1.29, 1.82) is 0 Å². The molecule has 6 heteroatoms. The van der Waals surface area contributed by atoms with Crippen LogP contribution in [-0.4, -0.2) is 44.0 Å². The van der Waals surface area contributed by atoms with E-state index in [9.17, 15) is 5.11 Å². The van der Waals surface area contributed by atoms with Crippen LogP contribution in [0.3, 0.4) is 0 Å². The average molecular weight is 169 g/mol. The number of hydrogen-bond donors (Lipinski definition) is 1. The summed E-state index contributed by atoms with van der Waals surface area (Å²) in [5, 5.41) is 20.5. The summed E-state index contributed by atoms with van der Waals surface area (Å²) in [5.74, 6) is 0.710. The van der Waals surface area contributed by atoms with Crippen LogP contribution in [0, 0.1) is 0 Å². The van der Waals surface area contributed by atoms with Gasteiger partial charge in [0.15, 0.2) is 0 Å². The first-order valence-corrected chi connectivity index (χ1v) is 3.78. The minimum Gasteiger partial charge on any atom is -0.386 e. The average Bonchev–Trinajstić information content (AvgIpc) is 2.30. The van der Waals surface area contributed by atoms with Crippen molar-refractivity contribution in [2.24, 2.45) is 7.05 Å². The van der Waals surface area contributed by atoms with Crippen LogP contribution in [0.15, 0.2) is 0 Å². The Morgan fingerprint density at radius 2 is 2.17 bits per heavy atom. The number of rotatable bonds is 1. The topological polar surface area (TPSA) is 67.1 Å². The summed E-state index contributed by atoms with van der Waals surface area (Å²) in [6, 6.07) is 0. The summed E-state index contributed by atoms with van der Waals surface area (Å²) in [4.78, 5) is 1.93. The number of tetrazole rings is 1. The number of hydrogen-bond acceptors (Lipinski definition) is 5. The van der Waals surface area contributed by atoms with Crippen LogP contribution in [-0.2, 0) is 7.05 Å². The Morgan fingerprint density at radius 1 is 1.50 bits per heavy atom. The van der Waals surface area contributed by atoms with Gasteiger partial charge in [-0.3, -0.25) is 0 Å². The van der Waals surface area contributed by atoms with Crippen molar-refractivity contribution in [2.75, 3.05) is 18.0 Å². The SMILES string of the molecule is Cn1nnnc1N1CC(C)(O)C1. The number of β-amino-alcohol motifs (C(OH)–C–C–N with tert-alkyl or cyclic N) is 1. The second kappa shape index (κ2) is 2.16. The van der Waals surface area contributed by atoms with Gasteiger partial charge < -0.3 is 10.0 Å². The number of aryl methyl sites for hydroxylation is 1. The Bertz CT molecular complexity index is 286. The van der Waals surface area contributed by atoms with Crippen molar-refractivity contribution < 1.29 is 5.11 Å². The van der Waals surface area contributed by atoms with E-state index in [4.69, 9.17) is 0 Å². The molecule has 0 atom stereocenters. The molecule has 0 saturated carbocycles. The molecule has 1 aliphatic rings. The standard InChI is InChI=1S/C6H11N5O/c1-6(12)3-11(4-6)5-7-8-9-10(5)2/h12H,3-4H2,1-2H3. The summed E-state index contributed by atoms with van der Waals surface area (Å²) < 4.78 is 1.59. The fourth-order valence-corrected chi connectivity index (χ4v) is 1.41. The van der Waals surface area contributed by atoms with Gasteiger partial charge >= 0.3 is 0 Å². The molecule has 0 aliphatic carbocycles. The highest BCUT2D eigenvalue weighted by molar-refractivity contribution is 5.35. The summed E-state index contributed by atoms with van der Waals surface area (Å²) in [6.45, 7) is 3.00. The molecule has 0 bridgehead atoms. The number of aromatic nitrogens is 4. The molecule has 1 fully saturated rings. The normalized spacial score (nSPS) is 20.8. The summed E-state index contributed by atoms with van der Waals surface area (Å²) >= 11 is 0. The fourth-order valence-electron chi connectivity index (χ4n) is 1.41. The fraction of sp³-hybridized carbons (Fsp3) is 0.833. The lowest BCUT2D eigenvalue weighted by Gasteiger charge is -2.43. The Labute approximate surface area is 69.8 Å². The first kappa shape index (κ1) is 7.48. The van der Waals surface area contributed by atoms with Crippen molar-refractivity contribution in [1.82, 2.24) is 20.2 Å². The largest absolute Gasteiger partial charge is 0.386 e. The summed E-state index contributed by atoms with van der Waals surface area (Å²) in [6.07, 6.45) is 0. The lowest BCUT2D eigenvalue weighted by molar-refractivity contribution is 0.0296. The van der Waals surface area contributed by atoms with E-state index in [1.54, 1.807) is 18.7 Å². The van der Waals surface area contributed by atoms with Crippen molar-refractivity contribution in [3.8, 4) is 0 Å². The van der Waals surface area contributed by atoms with E-state index in [0.29, 0.717) is 19.0 Å². The maximum Gasteiger partial charge on any atom is 0.245 e. The van der Waals surface area contributed by atoms with Crippen LogP contribution in [0.1, 0.15) is 6.92 Å². The molecule has 2 rings (SSSR count). The van der Waals surface area contributed by atoms with E-state index < -0.39 is 5.60 Å². The first-order chi connectivity index (χ1) is 5.58. The Hall–Kier alpha value is -1.17.